The molecule has 0 radical (unpaired) electrons. The predicted molar refractivity (Wildman–Crippen MR) is 100 cm³/mol. The largest absolute Gasteiger partial charge is 0.273 e. The van der Waals surface area contributed by atoms with Crippen LogP contribution in [-0.2, 0) is 10.2 Å². The van der Waals surface area contributed by atoms with Gasteiger partial charge in [-0.1, -0.05) is 12.1 Å². The van der Waals surface area contributed by atoms with Crippen LogP contribution in [0.3, 0.4) is 0 Å². The van der Waals surface area contributed by atoms with Crippen LogP contribution in [0.4, 0.5) is 10.8 Å². The zero-order valence-electron chi connectivity index (χ0n) is 14.6. The maximum Gasteiger partial charge on any atom is 0.243 e. The monoisotopic (exact) mass is 353 g/mol. The van der Waals surface area contributed by atoms with E-state index in [1.807, 2.05) is 33.9 Å². The Morgan fingerprint density at radius 2 is 2.08 bits per heavy atom. The fourth-order valence-corrected chi connectivity index (χ4v) is 3.96. The smallest absolute Gasteiger partial charge is 0.243 e. The van der Waals surface area contributed by atoms with Gasteiger partial charge in [-0.15, -0.1) is 0 Å². The summed E-state index contributed by atoms with van der Waals surface area (Å²) in [7, 11) is 0. The second-order valence-electron chi connectivity index (χ2n) is 6.94. The van der Waals surface area contributed by atoms with Gasteiger partial charge in [0.1, 0.15) is 11.7 Å². The van der Waals surface area contributed by atoms with Crippen molar-refractivity contribution in [2.45, 2.75) is 39.0 Å². The van der Waals surface area contributed by atoms with Gasteiger partial charge in [0.2, 0.25) is 11.0 Å². The minimum Gasteiger partial charge on any atom is -0.273 e. The van der Waals surface area contributed by atoms with E-state index in [9.17, 15) is 4.79 Å². The van der Waals surface area contributed by atoms with Gasteiger partial charge in [0.25, 0.3) is 0 Å². The molecule has 25 heavy (non-hydrogen) atoms. The molecule has 0 aliphatic carbocycles. The van der Waals surface area contributed by atoms with Crippen molar-refractivity contribution in [3.8, 4) is 0 Å². The average Bonchev–Trinajstić information content (AvgIpc) is 3.08. The number of amidine groups is 1. The van der Waals surface area contributed by atoms with Crippen LogP contribution in [0, 0.1) is 6.92 Å². The Bertz CT molecular complexity index is 927. The normalized spacial score (nSPS) is 21.4. The summed E-state index contributed by atoms with van der Waals surface area (Å²) in [4.78, 5) is 27.9. The molecule has 4 rings (SSSR count). The number of hydrogen-bond donors (Lipinski definition) is 0. The first-order chi connectivity index (χ1) is 11.9. The summed E-state index contributed by atoms with van der Waals surface area (Å²) < 4.78 is 4.23. The van der Waals surface area contributed by atoms with E-state index in [-0.39, 0.29) is 11.8 Å². The molecule has 6 nitrogen and oxygen atoms in total. The van der Waals surface area contributed by atoms with E-state index in [0.717, 1.165) is 22.6 Å². The van der Waals surface area contributed by atoms with Gasteiger partial charge in [0.05, 0.1) is 17.6 Å². The van der Waals surface area contributed by atoms with Crippen molar-refractivity contribution in [1.82, 2.24) is 9.36 Å². The number of amides is 1. The number of rotatable bonds is 2. The number of carbonyl (C=O) groups is 1. The number of aromatic nitrogens is 2. The minimum atomic E-state index is -0.581. The van der Waals surface area contributed by atoms with Crippen LogP contribution >= 0.6 is 11.5 Å². The zero-order chi connectivity index (χ0) is 17.8. The SMILES string of the molecule is CC1=NCC(c2ccc3c(c2)N(c2nc(C)ns2)C(=O)C3(C)C)C=N1. The van der Waals surface area contributed by atoms with Crippen LogP contribution in [0.2, 0.25) is 0 Å². The van der Waals surface area contributed by atoms with Crippen molar-refractivity contribution in [3.63, 3.8) is 0 Å². The molecule has 3 heterocycles. The molecular weight excluding hydrogens is 334 g/mol. The highest BCUT2D eigenvalue weighted by Crippen LogP contribution is 2.46. The van der Waals surface area contributed by atoms with Gasteiger partial charge in [-0.2, -0.15) is 4.37 Å². The summed E-state index contributed by atoms with van der Waals surface area (Å²) in [5.41, 5.74) is 2.43. The van der Waals surface area contributed by atoms with Gasteiger partial charge in [-0.3, -0.25) is 14.7 Å². The fraction of sp³-hybridized carbons (Fsp3) is 0.389. The molecule has 0 bridgehead atoms. The van der Waals surface area contributed by atoms with Crippen molar-refractivity contribution in [3.05, 3.63) is 35.2 Å². The molecule has 0 saturated carbocycles. The Morgan fingerprint density at radius 1 is 1.28 bits per heavy atom. The van der Waals surface area contributed by atoms with Crippen molar-refractivity contribution >= 4 is 40.3 Å². The first-order valence-electron chi connectivity index (χ1n) is 8.22. The second kappa shape index (κ2) is 5.56. The first-order valence-corrected chi connectivity index (χ1v) is 9.00. The summed E-state index contributed by atoms with van der Waals surface area (Å²) in [6.45, 7) is 8.33. The number of aliphatic imine (C=N–C) groups is 2. The van der Waals surface area contributed by atoms with E-state index in [2.05, 4.69) is 37.5 Å². The van der Waals surface area contributed by atoms with E-state index in [1.165, 1.54) is 11.5 Å². The molecule has 2 aliphatic rings. The molecule has 0 spiro atoms. The zero-order valence-corrected chi connectivity index (χ0v) is 15.5. The molecule has 1 amide bonds. The van der Waals surface area contributed by atoms with Crippen LogP contribution in [0.25, 0.3) is 0 Å². The van der Waals surface area contributed by atoms with Crippen molar-refractivity contribution in [2.24, 2.45) is 9.98 Å². The summed E-state index contributed by atoms with van der Waals surface area (Å²) in [6.07, 6.45) is 1.94. The molecule has 1 atom stereocenters. The highest BCUT2D eigenvalue weighted by Gasteiger charge is 2.45. The molecule has 1 aromatic carbocycles. The fourth-order valence-electron chi connectivity index (χ4n) is 3.27. The number of hydrogen-bond acceptors (Lipinski definition) is 6. The molecular formula is C18H19N5OS. The summed E-state index contributed by atoms with van der Waals surface area (Å²) in [5.74, 6) is 1.65. The number of nitrogens with zero attached hydrogens (tertiary/aromatic N) is 5. The number of carbonyl (C=O) groups excluding carboxylic acids is 1. The molecule has 0 N–H and O–H groups in total. The van der Waals surface area contributed by atoms with E-state index in [0.29, 0.717) is 17.5 Å². The quantitative estimate of drug-likeness (QED) is 0.831. The highest BCUT2D eigenvalue weighted by molar-refractivity contribution is 7.10. The van der Waals surface area contributed by atoms with Gasteiger partial charge in [-0.25, -0.2) is 9.98 Å². The topological polar surface area (TPSA) is 70.8 Å². The Hall–Kier alpha value is -2.41. The lowest BCUT2D eigenvalue weighted by atomic mass is 9.85. The van der Waals surface area contributed by atoms with Crippen LogP contribution in [-0.4, -0.2) is 33.9 Å². The number of fused-ring (bicyclic) bond motifs is 1. The lowest BCUT2D eigenvalue weighted by Crippen LogP contribution is -2.33. The van der Waals surface area contributed by atoms with Crippen molar-refractivity contribution < 1.29 is 4.79 Å². The van der Waals surface area contributed by atoms with Gasteiger partial charge in [-0.05, 0) is 44.9 Å². The van der Waals surface area contributed by atoms with Crippen molar-refractivity contribution in [2.75, 3.05) is 11.4 Å². The highest BCUT2D eigenvalue weighted by atomic mass is 32.1. The molecule has 7 heteroatoms. The Morgan fingerprint density at radius 3 is 2.72 bits per heavy atom. The van der Waals surface area contributed by atoms with Crippen molar-refractivity contribution in [1.29, 1.82) is 0 Å². The van der Waals surface area contributed by atoms with E-state index in [1.54, 1.807) is 4.90 Å². The maximum atomic E-state index is 13.0. The third kappa shape index (κ3) is 2.50. The third-order valence-corrected chi connectivity index (χ3v) is 5.56. The number of anilines is 2. The minimum absolute atomic E-state index is 0.0296. The lowest BCUT2D eigenvalue weighted by molar-refractivity contribution is -0.121. The molecule has 0 fully saturated rings. The van der Waals surface area contributed by atoms with Gasteiger partial charge in [0.15, 0.2) is 0 Å². The second-order valence-corrected chi connectivity index (χ2v) is 7.67. The third-order valence-electron chi connectivity index (χ3n) is 4.77. The Labute approximate surface area is 150 Å². The van der Waals surface area contributed by atoms with Gasteiger partial charge < -0.3 is 0 Å². The molecule has 2 aliphatic heterocycles. The van der Waals surface area contributed by atoms with E-state index >= 15 is 0 Å². The van der Waals surface area contributed by atoms with Crippen LogP contribution in [0.15, 0.2) is 28.2 Å². The van der Waals surface area contributed by atoms with E-state index < -0.39 is 5.41 Å². The molecule has 1 unspecified atom stereocenters. The molecule has 2 aromatic rings. The molecule has 0 saturated heterocycles. The summed E-state index contributed by atoms with van der Waals surface area (Å²) in [5, 5.41) is 0.623. The first kappa shape index (κ1) is 16.1. The molecule has 1 aromatic heterocycles. The summed E-state index contributed by atoms with van der Waals surface area (Å²) >= 11 is 1.25. The Kier molecular flexibility index (Phi) is 3.57. The standard InChI is InChI=1S/C18H19N5OS/c1-10-19-8-13(9-20-10)12-5-6-14-15(7-12)23(16(24)18(14,3)4)17-21-11(2)22-25-17/h5-8,13H,9H2,1-4H3. The number of aryl methyl sites for hydroxylation is 1. The van der Waals surface area contributed by atoms with Gasteiger partial charge >= 0.3 is 0 Å². The van der Waals surface area contributed by atoms with E-state index in [4.69, 9.17) is 0 Å². The van der Waals surface area contributed by atoms with Crippen LogP contribution in [0.1, 0.15) is 43.6 Å². The average molecular weight is 353 g/mol. The predicted octanol–water partition coefficient (Wildman–Crippen LogP) is 3.39. The molecule has 128 valence electrons. The van der Waals surface area contributed by atoms with Crippen LogP contribution in [0.5, 0.6) is 0 Å². The van der Waals surface area contributed by atoms with Gasteiger partial charge in [0, 0.05) is 23.7 Å². The van der Waals surface area contributed by atoms with Crippen LogP contribution < -0.4 is 4.90 Å². The lowest BCUT2D eigenvalue weighted by Gasteiger charge is -2.17. The summed E-state index contributed by atoms with van der Waals surface area (Å²) in [6, 6.07) is 6.20. The maximum absolute atomic E-state index is 13.0. The number of benzene rings is 1. The Balaban J connectivity index is 1.80.